The van der Waals surface area contributed by atoms with Gasteiger partial charge < -0.3 is 9.80 Å². The first-order valence-electron chi connectivity index (χ1n) is 8.89. The van der Waals surface area contributed by atoms with Gasteiger partial charge in [-0.05, 0) is 18.2 Å². The van der Waals surface area contributed by atoms with E-state index in [4.69, 9.17) is 4.98 Å². The lowest BCUT2D eigenvalue weighted by Gasteiger charge is -2.36. The van der Waals surface area contributed by atoms with Crippen molar-refractivity contribution in [2.24, 2.45) is 7.05 Å². The van der Waals surface area contributed by atoms with Gasteiger partial charge in [0.05, 0.1) is 11.6 Å². The van der Waals surface area contributed by atoms with Gasteiger partial charge in [-0.25, -0.2) is 19.6 Å². The number of piperazine rings is 1. The second-order valence-corrected chi connectivity index (χ2v) is 6.48. The average Bonchev–Trinajstić information content (AvgIpc) is 3.39. The fraction of sp³-hybridized carbons (Fsp3) is 0.278. The molecule has 0 aliphatic carbocycles. The third-order valence-corrected chi connectivity index (χ3v) is 4.87. The SMILES string of the molecule is Cn1ncc2c(N3CCN(c4cccc(-n5cccn5)n4)CC3)ncnc21. The Labute approximate surface area is 155 Å². The van der Waals surface area contributed by atoms with Crippen molar-refractivity contribution in [1.29, 1.82) is 0 Å². The molecule has 136 valence electrons. The van der Waals surface area contributed by atoms with E-state index in [1.54, 1.807) is 21.9 Å². The number of pyridine rings is 1. The number of fused-ring (bicyclic) bond motifs is 1. The van der Waals surface area contributed by atoms with Crippen LogP contribution < -0.4 is 9.80 Å². The summed E-state index contributed by atoms with van der Waals surface area (Å²) in [5, 5.41) is 9.56. The van der Waals surface area contributed by atoms with Crippen LogP contribution in [0.25, 0.3) is 16.9 Å². The van der Waals surface area contributed by atoms with Gasteiger partial charge in [0.15, 0.2) is 11.5 Å². The first-order valence-corrected chi connectivity index (χ1v) is 8.89. The van der Waals surface area contributed by atoms with Crippen LogP contribution in [0.5, 0.6) is 0 Å². The molecule has 0 spiro atoms. The Kier molecular flexibility index (Phi) is 3.70. The monoisotopic (exact) mass is 361 g/mol. The fourth-order valence-corrected chi connectivity index (χ4v) is 3.47. The highest BCUT2D eigenvalue weighted by molar-refractivity contribution is 5.86. The van der Waals surface area contributed by atoms with Crippen molar-refractivity contribution in [3.63, 3.8) is 0 Å². The maximum atomic E-state index is 4.76. The van der Waals surface area contributed by atoms with Crippen LogP contribution in [0.1, 0.15) is 0 Å². The number of anilines is 2. The van der Waals surface area contributed by atoms with Crippen LogP contribution in [-0.4, -0.2) is 60.7 Å². The van der Waals surface area contributed by atoms with Crippen LogP contribution in [0.4, 0.5) is 11.6 Å². The van der Waals surface area contributed by atoms with E-state index in [2.05, 4.69) is 30.0 Å². The molecule has 27 heavy (non-hydrogen) atoms. The lowest BCUT2D eigenvalue weighted by Crippen LogP contribution is -2.47. The van der Waals surface area contributed by atoms with Crippen LogP contribution >= 0.6 is 0 Å². The predicted octanol–water partition coefficient (Wildman–Crippen LogP) is 1.27. The highest BCUT2D eigenvalue weighted by atomic mass is 15.3. The number of hydrogen-bond donors (Lipinski definition) is 0. The molecule has 5 heterocycles. The number of nitrogens with zero attached hydrogens (tertiary/aromatic N) is 9. The fourth-order valence-electron chi connectivity index (χ4n) is 3.47. The van der Waals surface area contributed by atoms with Crippen LogP contribution in [-0.2, 0) is 7.05 Å². The Balaban J connectivity index is 1.35. The quantitative estimate of drug-likeness (QED) is 0.543. The molecule has 4 aromatic rings. The van der Waals surface area contributed by atoms with Gasteiger partial charge in [0, 0.05) is 45.6 Å². The predicted molar refractivity (Wildman–Crippen MR) is 102 cm³/mol. The van der Waals surface area contributed by atoms with Crippen LogP contribution in [0, 0.1) is 0 Å². The highest BCUT2D eigenvalue weighted by Crippen LogP contribution is 2.24. The molecule has 0 bridgehead atoms. The average molecular weight is 361 g/mol. The summed E-state index contributed by atoms with van der Waals surface area (Å²) in [5.41, 5.74) is 0.857. The number of aryl methyl sites for hydroxylation is 1. The zero-order chi connectivity index (χ0) is 18.2. The summed E-state index contributed by atoms with van der Waals surface area (Å²) in [6.07, 6.45) is 7.11. The molecule has 4 aromatic heterocycles. The van der Waals surface area contributed by atoms with E-state index in [1.807, 2.05) is 43.7 Å². The molecule has 0 unspecified atom stereocenters. The normalized spacial score (nSPS) is 14.9. The van der Waals surface area contributed by atoms with E-state index in [1.165, 1.54) is 0 Å². The van der Waals surface area contributed by atoms with Crippen molar-refractivity contribution in [3.05, 3.63) is 49.2 Å². The summed E-state index contributed by atoms with van der Waals surface area (Å²) < 4.78 is 3.56. The Bertz CT molecular complexity index is 1060. The molecule has 1 fully saturated rings. The van der Waals surface area contributed by atoms with Crippen LogP contribution in [0.3, 0.4) is 0 Å². The Morgan fingerprint density at radius 3 is 2.52 bits per heavy atom. The number of aromatic nitrogens is 7. The third-order valence-electron chi connectivity index (χ3n) is 4.87. The van der Waals surface area contributed by atoms with Gasteiger partial charge in [-0.1, -0.05) is 6.07 Å². The maximum absolute atomic E-state index is 4.76. The van der Waals surface area contributed by atoms with E-state index in [9.17, 15) is 0 Å². The van der Waals surface area contributed by atoms with E-state index < -0.39 is 0 Å². The summed E-state index contributed by atoms with van der Waals surface area (Å²) in [6, 6.07) is 7.93. The van der Waals surface area contributed by atoms with Crippen molar-refractivity contribution in [1.82, 2.24) is 34.5 Å². The van der Waals surface area contributed by atoms with E-state index in [-0.39, 0.29) is 0 Å². The van der Waals surface area contributed by atoms with Crippen molar-refractivity contribution >= 4 is 22.7 Å². The largest absolute Gasteiger partial charge is 0.353 e. The smallest absolute Gasteiger partial charge is 0.163 e. The van der Waals surface area contributed by atoms with Gasteiger partial charge in [-0.3, -0.25) is 4.68 Å². The molecule has 9 heteroatoms. The maximum Gasteiger partial charge on any atom is 0.163 e. The van der Waals surface area contributed by atoms with Gasteiger partial charge in [0.2, 0.25) is 0 Å². The van der Waals surface area contributed by atoms with Gasteiger partial charge in [0.25, 0.3) is 0 Å². The first-order chi connectivity index (χ1) is 13.3. The summed E-state index contributed by atoms with van der Waals surface area (Å²) >= 11 is 0. The molecule has 1 aliphatic rings. The second-order valence-electron chi connectivity index (χ2n) is 6.48. The van der Waals surface area contributed by atoms with E-state index in [0.29, 0.717) is 0 Å². The summed E-state index contributed by atoms with van der Waals surface area (Å²) in [5.74, 6) is 2.75. The topological polar surface area (TPSA) is 80.8 Å². The lowest BCUT2D eigenvalue weighted by molar-refractivity contribution is 0.641. The van der Waals surface area contributed by atoms with Crippen molar-refractivity contribution in [2.75, 3.05) is 36.0 Å². The molecule has 0 atom stereocenters. The number of hydrogen-bond acceptors (Lipinski definition) is 7. The van der Waals surface area contributed by atoms with Crippen LogP contribution in [0.2, 0.25) is 0 Å². The molecule has 5 rings (SSSR count). The molecule has 9 nitrogen and oxygen atoms in total. The standard InChI is InChI=1S/C18H19N9/c1-24-17-14(12-22-24)18(20-13-19-17)26-10-8-25(9-11-26)15-4-2-5-16(23-15)27-7-3-6-21-27/h2-7,12-13H,8-11H2,1H3. The molecular weight excluding hydrogens is 342 g/mol. The number of rotatable bonds is 3. The summed E-state index contributed by atoms with van der Waals surface area (Å²) in [6.45, 7) is 3.49. The molecule has 1 aliphatic heterocycles. The third kappa shape index (κ3) is 2.77. The van der Waals surface area contributed by atoms with Crippen molar-refractivity contribution in [3.8, 4) is 5.82 Å². The molecule has 0 N–H and O–H groups in total. The Morgan fingerprint density at radius 1 is 0.889 bits per heavy atom. The summed E-state index contributed by atoms with van der Waals surface area (Å²) in [4.78, 5) is 18.2. The minimum atomic E-state index is 0.827. The summed E-state index contributed by atoms with van der Waals surface area (Å²) in [7, 11) is 1.90. The molecule has 1 saturated heterocycles. The Hall–Kier alpha value is -3.49. The minimum Gasteiger partial charge on any atom is -0.353 e. The molecule has 0 amide bonds. The minimum absolute atomic E-state index is 0.827. The van der Waals surface area contributed by atoms with Crippen molar-refractivity contribution < 1.29 is 0 Å². The molecule has 0 radical (unpaired) electrons. The van der Waals surface area contributed by atoms with E-state index in [0.717, 1.165) is 54.7 Å². The lowest BCUT2D eigenvalue weighted by atomic mass is 10.2. The molecule has 0 aromatic carbocycles. The van der Waals surface area contributed by atoms with Crippen LogP contribution in [0.15, 0.2) is 49.2 Å². The zero-order valence-electron chi connectivity index (χ0n) is 15.0. The van der Waals surface area contributed by atoms with Gasteiger partial charge in [-0.2, -0.15) is 10.2 Å². The van der Waals surface area contributed by atoms with Crippen molar-refractivity contribution in [2.45, 2.75) is 0 Å². The van der Waals surface area contributed by atoms with Gasteiger partial charge in [-0.15, -0.1) is 0 Å². The zero-order valence-corrected chi connectivity index (χ0v) is 15.0. The molecule has 0 saturated carbocycles. The van der Waals surface area contributed by atoms with E-state index >= 15 is 0 Å². The van der Waals surface area contributed by atoms with Gasteiger partial charge >= 0.3 is 0 Å². The highest BCUT2D eigenvalue weighted by Gasteiger charge is 2.22. The second kappa shape index (κ2) is 6.35. The first kappa shape index (κ1) is 15.7. The molecular formula is C18H19N9. The van der Waals surface area contributed by atoms with Gasteiger partial charge in [0.1, 0.15) is 18.0 Å². The Morgan fingerprint density at radius 2 is 1.70 bits per heavy atom.